The molecule has 0 aromatic carbocycles. The minimum Gasteiger partial charge on any atom is -0.320 e. The molecule has 3 rings (SSSR count). The van der Waals surface area contributed by atoms with Crippen molar-refractivity contribution in [2.24, 2.45) is 5.73 Å². The Morgan fingerprint density at radius 2 is 2.12 bits per heavy atom. The third kappa shape index (κ3) is 1.54. The fourth-order valence-electron chi connectivity index (χ4n) is 2.99. The van der Waals surface area contributed by atoms with Crippen LogP contribution in [-0.2, 0) is 12.0 Å². The van der Waals surface area contributed by atoms with E-state index in [9.17, 15) is 0 Å². The molecule has 0 radical (unpaired) electrons. The summed E-state index contributed by atoms with van der Waals surface area (Å²) in [6.45, 7) is 2.09. The molecule has 0 spiro atoms. The van der Waals surface area contributed by atoms with E-state index in [1.54, 1.807) is 0 Å². The van der Waals surface area contributed by atoms with Crippen LogP contribution in [0.2, 0.25) is 0 Å². The van der Waals surface area contributed by atoms with Crippen LogP contribution in [0.4, 0.5) is 0 Å². The van der Waals surface area contributed by atoms with Gasteiger partial charge in [0, 0.05) is 12.1 Å². The number of nitrogens with zero attached hydrogens (tertiary/aromatic N) is 2. The zero-order chi connectivity index (χ0) is 11.2. The summed E-state index contributed by atoms with van der Waals surface area (Å²) in [5.74, 6) is 1.62. The summed E-state index contributed by atoms with van der Waals surface area (Å²) in [7, 11) is 0. The highest BCUT2D eigenvalue weighted by Crippen LogP contribution is 2.36. The summed E-state index contributed by atoms with van der Waals surface area (Å²) in [6.07, 6.45) is 9.20. The van der Waals surface area contributed by atoms with Gasteiger partial charge < -0.3 is 5.73 Å². The Bertz CT molecular complexity index is 406. The lowest BCUT2D eigenvalue weighted by Gasteiger charge is -2.19. The molecular formula is C13H19N3. The fourth-order valence-corrected chi connectivity index (χ4v) is 2.99. The van der Waals surface area contributed by atoms with Gasteiger partial charge in [-0.25, -0.2) is 9.97 Å². The zero-order valence-electron chi connectivity index (χ0n) is 9.87. The van der Waals surface area contributed by atoms with Crippen LogP contribution in [0.1, 0.15) is 62.0 Å². The van der Waals surface area contributed by atoms with Crippen LogP contribution in [0.15, 0.2) is 6.20 Å². The Hall–Kier alpha value is -0.960. The van der Waals surface area contributed by atoms with E-state index in [-0.39, 0.29) is 5.54 Å². The number of aromatic nitrogens is 2. The van der Waals surface area contributed by atoms with Gasteiger partial charge in [0.2, 0.25) is 0 Å². The summed E-state index contributed by atoms with van der Waals surface area (Å²) in [5, 5.41) is 0. The van der Waals surface area contributed by atoms with Crippen molar-refractivity contribution in [2.75, 3.05) is 0 Å². The van der Waals surface area contributed by atoms with Gasteiger partial charge in [-0.3, -0.25) is 0 Å². The first kappa shape index (κ1) is 10.2. The Labute approximate surface area is 96.5 Å². The van der Waals surface area contributed by atoms with E-state index in [0.717, 1.165) is 24.4 Å². The lowest BCUT2D eigenvalue weighted by atomic mass is 10.0. The predicted molar refractivity (Wildman–Crippen MR) is 63.1 cm³/mol. The summed E-state index contributed by atoms with van der Waals surface area (Å²) >= 11 is 0. The van der Waals surface area contributed by atoms with Crippen molar-refractivity contribution < 1.29 is 0 Å². The molecule has 3 nitrogen and oxygen atoms in total. The lowest BCUT2D eigenvalue weighted by molar-refractivity contribution is 0.475. The number of fused-ring (bicyclic) bond motifs is 1. The second-order valence-corrected chi connectivity index (χ2v) is 5.50. The van der Waals surface area contributed by atoms with Gasteiger partial charge in [0.1, 0.15) is 5.82 Å². The molecule has 2 aliphatic rings. The van der Waals surface area contributed by atoms with E-state index in [2.05, 4.69) is 11.9 Å². The van der Waals surface area contributed by atoms with Crippen LogP contribution in [0.3, 0.4) is 0 Å². The van der Waals surface area contributed by atoms with Gasteiger partial charge in [-0.05, 0) is 38.2 Å². The summed E-state index contributed by atoms with van der Waals surface area (Å²) in [5.41, 5.74) is 8.39. The molecule has 1 heterocycles. The van der Waals surface area contributed by atoms with Crippen LogP contribution in [-0.4, -0.2) is 9.97 Å². The van der Waals surface area contributed by atoms with E-state index in [1.165, 1.54) is 31.2 Å². The van der Waals surface area contributed by atoms with Crippen molar-refractivity contribution in [1.82, 2.24) is 9.97 Å². The number of aryl methyl sites for hydroxylation is 1. The van der Waals surface area contributed by atoms with Crippen LogP contribution in [0.5, 0.6) is 0 Å². The molecule has 1 fully saturated rings. The van der Waals surface area contributed by atoms with Crippen molar-refractivity contribution in [3.8, 4) is 0 Å². The van der Waals surface area contributed by atoms with Crippen LogP contribution >= 0.6 is 0 Å². The molecular weight excluding hydrogens is 198 g/mol. The third-order valence-electron chi connectivity index (χ3n) is 4.06. The Morgan fingerprint density at radius 3 is 2.88 bits per heavy atom. The summed E-state index contributed by atoms with van der Waals surface area (Å²) in [4.78, 5) is 9.28. The lowest BCUT2D eigenvalue weighted by Crippen LogP contribution is -2.31. The molecule has 3 heteroatoms. The maximum absolute atomic E-state index is 6.27. The van der Waals surface area contributed by atoms with Crippen LogP contribution in [0.25, 0.3) is 0 Å². The average molecular weight is 217 g/mol. The molecule has 0 aliphatic heterocycles. The van der Waals surface area contributed by atoms with E-state index in [4.69, 9.17) is 10.7 Å². The highest BCUT2D eigenvalue weighted by atomic mass is 14.9. The molecule has 86 valence electrons. The minimum atomic E-state index is -0.231. The van der Waals surface area contributed by atoms with E-state index in [0.29, 0.717) is 5.92 Å². The first-order valence-electron chi connectivity index (χ1n) is 6.32. The van der Waals surface area contributed by atoms with E-state index in [1.807, 2.05) is 6.20 Å². The van der Waals surface area contributed by atoms with Crippen molar-refractivity contribution in [1.29, 1.82) is 0 Å². The minimum absolute atomic E-state index is 0.231. The molecule has 2 aliphatic carbocycles. The smallest absolute Gasteiger partial charge is 0.131 e. The van der Waals surface area contributed by atoms with Gasteiger partial charge in [-0.15, -0.1) is 0 Å². The number of rotatable bonds is 1. The van der Waals surface area contributed by atoms with Crippen LogP contribution < -0.4 is 5.73 Å². The van der Waals surface area contributed by atoms with E-state index < -0.39 is 0 Å². The Balaban J connectivity index is 1.98. The number of hydrogen-bond acceptors (Lipinski definition) is 3. The second kappa shape index (κ2) is 3.52. The molecule has 0 bridgehead atoms. The number of nitrogens with two attached hydrogens (primary N) is 1. The van der Waals surface area contributed by atoms with Gasteiger partial charge in [-0.2, -0.15) is 0 Å². The van der Waals surface area contributed by atoms with Crippen molar-refractivity contribution in [3.63, 3.8) is 0 Å². The first-order valence-corrected chi connectivity index (χ1v) is 6.32. The van der Waals surface area contributed by atoms with Gasteiger partial charge >= 0.3 is 0 Å². The first-order chi connectivity index (χ1) is 7.67. The molecule has 1 unspecified atom stereocenters. The third-order valence-corrected chi connectivity index (χ3v) is 4.06. The Kier molecular flexibility index (Phi) is 2.25. The highest BCUT2D eigenvalue weighted by Gasteiger charge is 2.33. The molecule has 1 saturated carbocycles. The highest BCUT2D eigenvalue weighted by molar-refractivity contribution is 5.31. The fraction of sp³-hybridized carbons (Fsp3) is 0.692. The zero-order valence-corrected chi connectivity index (χ0v) is 9.87. The summed E-state index contributed by atoms with van der Waals surface area (Å²) in [6, 6.07) is 0. The topological polar surface area (TPSA) is 51.8 Å². The monoisotopic (exact) mass is 217 g/mol. The summed E-state index contributed by atoms with van der Waals surface area (Å²) < 4.78 is 0. The molecule has 1 atom stereocenters. The van der Waals surface area contributed by atoms with Gasteiger partial charge in [0.05, 0.1) is 11.2 Å². The van der Waals surface area contributed by atoms with Crippen LogP contribution in [0, 0.1) is 0 Å². The normalized spacial score (nSPS) is 29.6. The maximum atomic E-state index is 6.27. The van der Waals surface area contributed by atoms with Crippen molar-refractivity contribution in [3.05, 3.63) is 23.3 Å². The predicted octanol–water partition coefficient (Wildman–Crippen LogP) is 2.25. The van der Waals surface area contributed by atoms with Crippen molar-refractivity contribution >= 4 is 0 Å². The molecule has 16 heavy (non-hydrogen) atoms. The molecule has 1 aromatic rings. The average Bonchev–Trinajstić information content (AvgIpc) is 2.87. The van der Waals surface area contributed by atoms with E-state index >= 15 is 0 Å². The standard InChI is InChI=1S/C13H19N3/c1-13(14)7-6-10-8-15-12(16-11(10)13)9-4-2-3-5-9/h8-9H,2-7,14H2,1H3. The molecule has 0 saturated heterocycles. The second-order valence-electron chi connectivity index (χ2n) is 5.50. The molecule has 0 amide bonds. The van der Waals surface area contributed by atoms with Gasteiger partial charge in [-0.1, -0.05) is 12.8 Å². The molecule has 1 aromatic heterocycles. The quantitative estimate of drug-likeness (QED) is 0.785. The van der Waals surface area contributed by atoms with Crippen molar-refractivity contribution in [2.45, 2.75) is 56.9 Å². The number of hydrogen-bond donors (Lipinski definition) is 1. The van der Waals surface area contributed by atoms with Gasteiger partial charge in [0.15, 0.2) is 0 Å². The largest absolute Gasteiger partial charge is 0.320 e. The van der Waals surface area contributed by atoms with Gasteiger partial charge in [0.25, 0.3) is 0 Å². The SMILES string of the molecule is CC1(N)CCc2cnc(C3CCCC3)nc21. The Morgan fingerprint density at radius 1 is 1.38 bits per heavy atom. The maximum Gasteiger partial charge on any atom is 0.131 e. The molecule has 2 N–H and O–H groups in total.